The zero-order valence-electron chi connectivity index (χ0n) is 8.03. The van der Waals surface area contributed by atoms with Gasteiger partial charge in [-0.3, -0.25) is 14.3 Å². The summed E-state index contributed by atoms with van der Waals surface area (Å²) in [6.07, 6.45) is 3.34. The van der Waals surface area contributed by atoms with Crippen LogP contribution < -0.4 is 11.2 Å². The Bertz CT molecular complexity index is 459. The molecular formula is C9H11ClN2O3. The molecule has 1 aliphatic rings. The minimum Gasteiger partial charge on any atom is -0.376 e. The first-order valence-corrected chi connectivity index (χ1v) is 5.15. The molecule has 1 N–H and O–H groups in total. The minimum atomic E-state index is -0.551. The molecule has 0 spiro atoms. The molecule has 1 saturated heterocycles. The van der Waals surface area contributed by atoms with Crippen LogP contribution in [0.15, 0.2) is 15.8 Å². The van der Waals surface area contributed by atoms with Gasteiger partial charge in [-0.15, -0.1) is 0 Å². The van der Waals surface area contributed by atoms with Crippen molar-refractivity contribution in [2.45, 2.75) is 25.5 Å². The Morgan fingerprint density at radius 2 is 2.40 bits per heavy atom. The molecule has 0 radical (unpaired) electrons. The van der Waals surface area contributed by atoms with Crippen LogP contribution in [0.2, 0.25) is 5.02 Å². The number of hydrogen-bond donors (Lipinski definition) is 1. The smallest absolute Gasteiger partial charge is 0.328 e. The maximum Gasteiger partial charge on any atom is 0.328 e. The third kappa shape index (κ3) is 2.30. The minimum absolute atomic E-state index is 0.0209. The molecule has 6 heteroatoms. The zero-order valence-corrected chi connectivity index (χ0v) is 8.79. The number of hydrogen-bond acceptors (Lipinski definition) is 3. The zero-order chi connectivity index (χ0) is 10.8. The standard InChI is InChI=1S/C9H11ClN2O3/c10-7-5-12(9(14)11-8(7)13)4-6-2-1-3-15-6/h5-6H,1-4H2,(H,11,13,14). The van der Waals surface area contributed by atoms with Gasteiger partial charge in [0, 0.05) is 12.8 Å². The molecule has 1 aromatic rings. The van der Waals surface area contributed by atoms with Crippen LogP contribution in [-0.4, -0.2) is 22.3 Å². The Kier molecular flexibility index (Phi) is 2.93. The van der Waals surface area contributed by atoms with Crippen molar-refractivity contribution in [1.29, 1.82) is 0 Å². The topological polar surface area (TPSA) is 64.1 Å². The summed E-state index contributed by atoms with van der Waals surface area (Å²) in [6.45, 7) is 1.17. The lowest BCUT2D eigenvalue weighted by Crippen LogP contribution is -2.32. The average molecular weight is 231 g/mol. The van der Waals surface area contributed by atoms with Gasteiger partial charge in [-0.2, -0.15) is 0 Å². The molecule has 2 rings (SSSR count). The first-order chi connectivity index (χ1) is 7.16. The summed E-state index contributed by atoms with van der Waals surface area (Å²) >= 11 is 5.63. The molecular weight excluding hydrogens is 220 g/mol. The Morgan fingerprint density at radius 3 is 3.07 bits per heavy atom. The fraction of sp³-hybridized carbons (Fsp3) is 0.556. The monoisotopic (exact) mass is 230 g/mol. The lowest BCUT2D eigenvalue weighted by atomic mass is 10.2. The first-order valence-electron chi connectivity index (χ1n) is 4.77. The predicted molar refractivity (Wildman–Crippen MR) is 55.3 cm³/mol. The third-order valence-electron chi connectivity index (χ3n) is 2.39. The lowest BCUT2D eigenvalue weighted by Gasteiger charge is -2.10. The number of aromatic nitrogens is 2. The van der Waals surface area contributed by atoms with Crippen LogP contribution in [0.5, 0.6) is 0 Å². The predicted octanol–water partition coefficient (Wildman–Crippen LogP) is 0.369. The van der Waals surface area contributed by atoms with Crippen molar-refractivity contribution in [3.8, 4) is 0 Å². The molecule has 0 amide bonds. The number of nitrogens with zero attached hydrogens (tertiary/aromatic N) is 1. The number of halogens is 1. The van der Waals surface area contributed by atoms with Crippen LogP contribution in [0.25, 0.3) is 0 Å². The van der Waals surface area contributed by atoms with Crippen molar-refractivity contribution < 1.29 is 4.74 Å². The molecule has 1 aliphatic heterocycles. The van der Waals surface area contributed by atoms with Crippen LogP contribution in [0, 0.1) is 0 Å². The van der Waals surface area contributed by atoms with Gasteiger partial charge in [-0.25, -0.2) is 4.79 Å². The molecule has 5 nitrogen and oxygen atoms in total. The van der Waals surface area contributed by atoms with E-state index in [-0.39, 0.29) is 11.1 Å². The van der Waals surface area contributed by atoms with Crippen LogP contribution in [0.3, 0.4) is 0 Å². The summed E-state index contributed by atoms with van der Waals surface area (Å²) in [5.41, 5.74) is -0.995. The van der Waals surface area contributed by atoms with Crippen molar-refractivity contribution >= 4 is 11.6 Å². The first kappa shape index (κ1) is 10.4. The van der Waals surface area contributed by atoms with Crippen LogP contribution in [-0.2, 0) is 11.3 Å². The second kappa shape index (κ2) is 4.20. The van der Waals surface area contributed by atoms with E-state index in [1.165, 1.54) is 10.8 Å². The van der Waals surface area contributed by atoms with Crippen molar-refractivity contribution in [1.82, 2.24) is 9.55 Å². The number of ether oxygens (including phenoxy) is 1. The molecule has 1 fully saturated rings. The molecule has 15 heavy (non-hydrogen) atoms. The van der Waals surface area contributed by atoms with E-state index in [2.05, 4.69) is 4.98 Å². The second-order valence-electron chi connectivity index (χ2n) is 3.52. The fourth-order valence-corrected chi connectivity index (χ4v) is 1.79. The van der Waals surface area contributed by atoms with Crippen molar-refractivity contribution in [3.63, 3.8) is 0 Å². The van der Waals surface area contributed by atoms with E-state index in [1.807, 2.05) is 0 Å². The molecule has 82 valence electrons. The van der Waals surface area contributed by atoms with E-state index < -0.39 is 11.2 Å². The summed E-state index contributed by atoms with van der Waals surface area (Å²) in [5.74, 6) is 0. The van der Waals surface area contributed by atoms with Crippen molar-refractivity contribution in [3.05, 3.63) is 32.1 Å². The Balaban J connectivity index is 2.24. The Hall–Kier alpha value is -1.07. The van der Waals surface area contributed by atoms with Gasteiger partial charge in [0.05, 0.1) is 12.6 Å². The van der Waals surface area contributed by atoms with Crippen LogP contribution >= 0.6 is 11.6 Å². The summed E-state index contributed by atoms with van der Waals surface area (Å²) in [7, 11) is 0. The highest BCUT2D eigenvalue weighted by Crippen LogP contribution is 2.13. The maximum atomic E-state index is 11.4. The van der Waals surface area contributed by atoms with E-state index in [4.69, 9.17) is 16.3 Å². The molecule has 0 aromatic carbocycles. The highest BCUT2D eigenvalue weighted by atomic mass is 35.5. The highest BCUT2D eigenvalue weighted by molar-refractivity contribution is 6.30. The maximum absolute atomic E-state index is 11.4. The van der Waals surface area contributed by atoms with Gasteiger partial charge in [0.1, 0.15) is 5.02 Å². The Morgan fingerprint density at radius 1 is 1.60 bits per heavy atom. The summed E-state index contributed by atoms with van der Waals surface area (Å²) in [4.78, 5) is 24.5. The largest absolute Gasteiger partial charge is 0.376 e. The molecule has 2 heterocycles. The fourth-order valence-electron chi connectivity index (χ4n) is 1.63. The average Bonchev–Trinajstić information content (AvgIpc) is 2.67. The van der Waals surface area contributed by atoms with E-state index in [1.54, 1.807) is 0 Å². The normalized spacial score (nSPS) is 20.7. The summed E-state index contributed by atoms with van der Waals surface area (Å²) in [6, 6.07) is 0. The van der Waals surface area contributed by atoms with Gasteiger partial charge in [0.2, 0.25) is 0 Å². The van der Waals surface area contributed by atoms with Crippen LogP contribution in [0.4, 0.5) is 0 Å². The van der Waals surface area contributed by atoms with Gasteiger partial charge >= 0.3 is 5.69 Å². The van der Waals surface area contributed by atoms with E-state index in [0.29, 0.717) is 6.54 Å². The van der Waals surface area contributed by atoms with Gasteiger partial charge < -0.3 is 4.74 Å². The number of aromatic amines is 1. The molecule has 0 bridgehead atoms. The van der Waals surface area contributed by atoms with Crippen LogP contribution in [0.1, 0.15) is 12.8 Å². The third-order valence-corrected chi connectivity index (χ3v) is 2.66. The lowest BCUT2D eigenvalue weighted by molar-refractivity contribution is 0.0958. The van der Waals surface area contributed by atoms with E-state index in [9.17, 15) is 9.59 Å². The summed E-state index contributed by atoms with van der Waals surface area (Å²) in [5, 5.41) is 0.0209. The quantitative estimate of drug-likeness (QED) is 0.798. The molecule has 1 aromatic heterocycles. The van der Waals surface area contributed by atoms with Gasteiger partial charge in [-0.05, 0) is 12.8 Å². The molecule has 0 saturated carbocycles. The number of nitrogens with one attached hydrogen (secondary N) is 1. The van der Waals surface area contributed by atoms with E-state index >= 15 is 0 Å². The number of rotatable bonds is 2. The molecule has 1 unspecified atom stereocenters. The highest BCUT2D eigenvalue weighted by Gasteiger charge is 2.16. The molecule has 0 aliphatic carbocycles. The van der Waals surface area contributed by atoms with Gasteiger partial charge in [0.25, 0.3) is 5.56 Å². The SMILES string of the molecule is O=c1[nH]c(=O)n(CC2CCCO2)cc1Cl. The van der Waals surface area contributed by atoms with Crippen molar-refractivity contribution in [2.24, 2.45) is 0 Å². The Labute approximate surface area is 90.6 Å². The summed E-state index contributed by atoms with van der Waals surface area (Å²) < 4.78 is 6.76. The van der Waals surface area contributed by atoms with E-state index in [0.717, 1.165) is 19.4 Å². The van der Waals surface area contributed by atoms with Gasteiger partial charge in [0.15, 0.2) is 0 Å². The molecule has 1 atom stereocenters. The number of H-pyrrole nitrogens is 1. The van der Waals surface area contributed by atoms with Gasteiger partial charge in [-0.1, -0.05) is 11.6 Å². The van der Waals surface area contributed by atoms with Crippen molar-refractivity contribution in [2.75, 3.05) is 6.61 Å². The second-order valence-corrected chi connectivity index (χ2v) is 3.93.